The third kappa shape index (κ3) is 3.23. The van der Waals surface area contributed by atoms with Crippen LogP contribution in [0.4, 0.5) is 0 Å². The molecule has 2 heterocycles. The molecule has 0 fully saturated rings. The molecule has 3 aromatic rings. The standard InChI is InChI=1S/C19H24N4OS/c1-6-22(7-2)17(24)11-25-19-21-20-16-10-13(4)15-9-12(3)8-14(5)18(15)23(16)19/h8-10H,6-7,11H2,1-5H3. The molecule has 0 bridgehead atoms. The number of carbonyl (C=O) groups excluding carboxylic acids is 1. The van der Waals surface area contributed by atoms with E-state index in [9.17, 15) is 4.79 Å². The highest BCUT2D eigenvalue weighted by atomic mass is 32.2. The summed E-state index contributed by atoms with van der Waals surface area (Å²) >= 11 is 1.46. The van der Waals surface area contributed by atoms with Crippen molar-refractivity contribution in [2.75, 3.05) is 18.8 Å². The first kappa shape index (κ1) is 17.7. The average Bonchev–Trinajstić information content (AvgIpc) is 2.96. The van der Waals surface area contributed by atoms with Crippen molar-refractivity contribution in [2.24, 2.45) is 0 Å². The van der Waals surface area contributed by atoms with Crippen molar-refractivity contribution in [1.82, 2.24) is 19.5 Å². The van der Waals surface area contributed by atoms with E-state index in [1.807, 2.05) is 18.7 Å². The molecule has 0 saturated heterocycles. The molecule has 132 valence electrons. The Labute approximate surface area is 152 Å². The molecule has 5 nitrogen and oxygen atoms in total. The first-order valence-electron chi connectivity index (χ1n) is 8.62. The summed E-state index contributed by atoms with van der Waals surface area (Å²) in [5.41, 5.74) is 5.59. The van der Waals surface area contributed by atoms with E-state index in [4.69, 9.17) is 0 Å². The van der Waals surface area contributed by atoms with Crippen LogP contribution in [0.5, 0.6) is 0 Å². The van der Waals surface area contributed by atoms with Crippen LogP contribution < -0.4 is 0 Å². The summed E-state index contributed by atoms with van der Waals surface area (Å²) in [6.45, 7) is 11.8. The monoisotopic (exact) mass is 356 g/mol. The second kappa shape index (κ2) is 7.04. The van der Waals surface area contributed by atoms with E-state index in [1.165, 1.54) is 33.8 Å². The lowest BCUT2D eigenvalue weighted by Crippen LogP contribution is -2.31. The summed E-state index contributed by atoms with van der Waals surface area (Å²) in [5.74, 6) is 0.513. The Hall–Kier alpha value is -2.08. The van der Waals surface area contributed by atoms with Gasteiger partial charge in [-0.2, -0.15) is 0 Å². The number of rotatable bonds is 5. The van der Waals surface area contributed by atoms with E-state index in [-0.39, 0.29) is 5.91 Å². The third-order valence-electron chi connectivity index (χ3n) is 4.54. The van der Waals surface area contributed by atoms with Gasteiger partial charge in [0.2, 0.25) is 5.91 Å². The van der Waals surface area contributed by atoms with E-state index >= 15 is 0 Å². The van der Waals surface area contributed by atoms with E-state index in [2.05, 4.69) is 53.6 Å². The van der Waals surface area contributed by atoms with Crippen molar-refractivity contribution < 1.29 is 4.79 Å². The number of pyridine rings is 1. The van der Waals surface area contributed by atoms with Crippen LogP contribution in [-0.2, 0) is 4.79 Å². The van der Waals surface area contributed by atoms with Crippen LogP contribution in [0.3, 0.4) is 0 Å². The SMILES string of the molecule is CCN(CC)C(=O)CSc1nnc2cc(C)c3cc(C)cc(C)c3n12. The van der Waals surface area contributed by atoms with Crippen LogP contribution in [-0.4, -0.2) is 44.2 Å². The number of thioether (sulfide) groups is 1. The highest BCUT2D eigenvalue weighted by molar-refractivity contribution is 7.99. The average molecular weight is 356 g/mol. The lowest BCUT2D eigenvalue weighted by Gasteiger charge is -2.18. The third-order valence-corrected chi connectivity index (χ3v) is 5.45. The van der Waals surface area contributed by atoms with E-state index in [0.717, 1.165) is 29.4 Å². The van der Waals surface area contributed by atoms with Gasteiger partial charge in [-0.25, -0.2) is 0 Å². The summed E-state index contributed by atoms with van der Waals surface area (Å²) in [4.78, 5) is 14.2. The van der Waals surface area contributed by atoms with Crippen LogP contribution in [0.25, 0.3) is 16.6 Å². The minimum Gasteiger partial charge on any atom is -0.343 e. The number of fused-ring (bicyclic) bond motifs is 3. The smallest absolute Gasteiger partial charge is 0.233 e. The molecule has 6 heteroatoms. The largest absolute Gasteiger partial charge is 0.343 e. The second-order valence-corrected chi connectivity index (χ2v) is 7.28. The molecule has 1 aromatic carbocycles. The Morgan fingerprint density at radius 1 is 1.08 bits per heavy atom. The molecule has 3 rings (SSSR count). The predicted molar refractivity (Wildman–Crippen MR) is 103 cm³/mol. The summed E-state index contributed by atoms with van der Waals surface area (Å²) in [5, 5.41) is 10.6. The fraction of sp³-hybridized carbons (Fsp3) is 0.421. The second-order valence-electron chi connectivity index (χ2n) is 6.34. The maximum Gasteiger partial charge on any atom is 0.233 e. The fourth-order valence-electron chi connectivity index (χ4n) is 3.30. The number of aryl methyl sites for hydroxylation is 3. The van der Waals surface area contributed by atoms with Crippen LogP contribution >= 0.6 is 11.8 Å². The zero-order chi connectivity index (χ0) is 18.1. The number of amides is 1. The van der Waals surface area contributed by atoms with Crippen molar-refractivity contribution in [3.63, 3.8) is 0 Å². The Kier molecular flexibility index (Phi) is 4.99. The molecule has 0 aliphatic carbocycles. The molecular weight excluding hydrogens is 332 g/mol. The molecule has 0 unspecified atom stereocenters. The molecule has 0 spiro atoms. The van der Waals surface area contributed by atoms with Crippen molar-refractivity contribution in [3.05, 3.63) is 34.9 Å². The fourth-order valence-corrected chi connectivity index (χ4v) is 4.15. The highest BCUT2D eigenvalue weighted by Gasteiger charge is 2.16. The number of hydrogen-bond acceptors (Lipinski definition) is 4. The minimum atomic E-state index is 0.135. The molecule has 2 aromatic heterocycles. The lowest BCUT2D eigenvalue weighted by atomic mass is 10.0. The number of hydrogen-bond donors (Lipinski definition) is 0. The molecule has 0 radical (unpaired) electrons. The van der Waals surface area contributed by atoms with Gasteiger partial charge in [-0.3, -0.25) is 9.20 Å². The number of benzene rings is 1. The first-order chi connectivity index (χ1) is 12.0. The Morgan fingerprint density at radius 3 is 2.48 bits per heavy atom. The molecule has 25 heavy (non-hydrogen) atoms. The number of nitrogens with zero attached hydrogens (tertiary/aromatic N) is 4. The van der Waals surface area contributed by atoms with Gasteiger partial charge in [-0.1, -0.05) is 23.4 Å². The molecular formula is C19H24N4OS. The zero-order valence-electron chi connectivity index (χ0n) is 15.5. The minimum absolute atomic E-state index is 0.135. The van der Waals surface area contributed by atoms with Crippen molar-refractivity contribution in [2.45, 2.75) is 39.8 Å². The Balaban J connectivity index is 2.06. The van der Waals surface area contributed by atoms with Gasteiger partial charge in [0.25, 0.3) is 0 Å². The summed E-state index contributed by atoms with van der Waals surface area (Å²) in [6.07, 6.45) is 0. The van der Waals surface area contributed by atoms with Gasteiger partial charge in [0.15, 0.2) is 10.8 Å². The van der Waals surface area contributed by atoms with Crippen LogP contribution in [0, 0.1) is 20.8 Å². The van der Waals surface area contributed by atoms with Crippen LogP contribution in [0.2, 0.25) is 0 Å². The first-order valence-corrected chi connectivity index (χ1v) is 9.61. The van der Waals surface area contributed by atoms with Crippen molar-refractivity contribution in [3.8, 4) is 0 Å². The van der Waals surface area contributed by atoms with E-state index < -0.39 is 0 Å². The number of aromatic nitrogens is 3. The summed E-state index contributed by atoms with van der Waals surface area (Å²) in [7, 11) is 0. The van der Waals surface area contributed by atoms with Crippen LogP contribution in [0.15, 0.2) is 23.4 Å². The van der Waals surface area contributed by atoms with E-state index in [1.54, 1.807) is 0 Å². The summed E-state index contributed by atoms with van der Waals surface area (Å²) in [6, 6.07) is 6.44. The van der Waals surface area contributed by atoms with E-state index in [0.29, 0.717) is 5.75 Å². The Morgan fingerprint density at radius 2 is 1.80 bits per heavy atom. The molecule has 0 atom stereocenters. The molecule has 0 saturated carbocycles. The van der Waals surface area contributed by atoms with Crippen molar-refractivity contribution >= 4 is 34.2 Å². The molecule has 0 aliphatic rings. The Bertz CT molecular complexity index is 944. The van der Waals surface area contributed by atoms with Gasteiger partial charge in [0, 0.05) is 18.5 Å². The van der Waals surface area contributed by atoms with Gasteiger partial charge in [-0.05, 0) is 57.9 Å². The van der Waals surface area contributed by atoms with Gasteiger partial charge in [-0.15, -0.1) is 10.2 Å². The maximum absolute atomic E-state index is 12.3. The van der Waals surface area contributed by atoms with Gasteiger partial charge in [0.05, 0.1) is 11.3 Å². The van der Waals surface area contributed by atoms with Gasteiger partial charge < -0.3 is 4.90 Å². The van der Waals surface area contributed by atoms with Gasteiger partial charge in [0.1, 0.15) is 0 Å². The van der Waals surface area contributed by atoms with Gasteiger partial charge >= 0.3 is 0 Å². The normalized spacial score (nSPS) is 11.4. The summed E-state index contributed by atoms with van der Waals surface area (Å²) < 4.78 is 2.08. The van der Waals surface area contributed by atoms with Crippen molar-refractivity contribution in [1.29, 1.82) is 0 Å². The lowest BCUT2D eigenvalue weighted by molar-refractivity contribution is -0.127. The molecule has 0 aliphatic heterocycles. The topological polar surface area (TPSA) is 50.5 Å². The molecule has 1 amide bonds. The molecule has 0 N–H and O–H groups in total. The van der Waals surface area contributed by atoms with Crippen LogP contribution in [0.1, 0.15) is 30.5 Å². The quantitative estimate of drug-likeness (QED) is 0.653. The zero-order valence-corrected chi connectivity index (χ0v) is 16.3. The number of carbonyl (C=O) groups is 1. The highest BCUT2D eigenvalue weighted by Crippen LogP contribution is 2.29. The maximum atomic E-state index is 12.3. The predicted octanol–water partition coefficient (Wildman–Crippen LogP) is 3.77.